The van der Waals surface area contributed by atoms with Gasteiger partial charge < -0.3 is 25.2 Å². The Labute approximate surface area is 275 Å². The molecule has 254 valence electrons. The summed E-state index contributed by atoms with van der Waals surface area (Å²) in [4.78, 5) is 54.4. The van der Waals surface area contributed by atoms with Crippen molar-refractivity contribution < 1.29 is 28.3 Å². The molecule has 0 fully saturated rings. The van der Waals surface area contributed by atoms with E-state index in [1.54, 1.807) is 32.2 Å². The summed E-state index contributed by atoms with van der Waals surface area (Å²) < 4.78 is 31.2. The van der Waals surface area contributed by atoms with E-state index >= 15 is 4.39 Å². The number of hydrogen-bond donors (Lipinski definition) is 3. The van der Waals surface area contributed by atoms with Gasteiger partial charge in [-0.15, -0.1) is 0 Å². The van der Waals surface area contributed by atoms with E-state index in [9.17, 15) is 28.7 Å². The molecule has 47 heavy (non-hydrogen) atoms. The molecule has 0 bridgehead atoms. The van der Waals surface area contributed by atoms with Crippen molar-refractivity contribution in [1.29, 1.82) is 0 Å². The first-order chi connectivity index (χ1) is 22.2. The minimum Gasteiger partial charge on any atom is -0.481 e. The second-order valence-corrected chi connectivity index (χ2v) is 12.4. The third-order valence-electron chi connectivity index (χ3n) is 8.28. The molecule has 3 N–H and O–H groups in total. The van der Waals surface area contributed by atoms with Crippen LogP contribution in [-0.4, -0.2) is 58.0 Å². The number of aromatic nitrogens is 1. The molecule has 3 rings (SSSR count). The fourth-order valence-electron chi connectivity index (χ4n) is 5.86. The zero-order valence-electron chi connectivity index (χ0n) is 28.2. The molecule has 0 aliphatic heterocycles. The molecule has 0 saturated heterocycles. The second kappa shape index (κ2) is 16.4. The number of likely N-dealkylation sites (N-methyl/N-ethyl adjacent to an activating group) is 1. The lowest BCUT2D eigenvalue weighted by molar-refractivity contribution is -0.137. The molecule has 0 radical (unpaired) electrons. The average molecular weight is 653 g/mol. The quantitative estimate of drug-likeness (QED) is 0.198. The first kappa shape index (κ1) is 37.1. The summed E-state index contributed by atoms with van der Waals surface area (Å²) in [6.07, 6.45) is 1.15. The van der Waals surface area contributed by atoms with Gasteiger partial charge in [0.05, 0.1) is 12.5 Å². The average Bonchev–Trinajstić information content (AvgIpc) is 2.98. The van der Waals surface area contributed by atoms with Gasteiger partial charge in [-0.2, -0.15) is 0 Å². The lowest BCUT2D eigenvalue weighted by Crippen LogP contribution is -2.49. The van der Waals surface area contributed by atoms with Crippen molar-refractivity contribution in [2.75, 3.05) is 19.6 Å². The van der Waals surface area contributed by atoms with Crippen LogP contribution in [0.3, 0.4) is 0 Å². The number of carboxylic acids is 1. The number of nitrogens with one attached hydrogen (secondary N) is 2. The van der Waals surface area contributed by atoms with Crippen molar-refractivity contribution in [2.24, 2.45) is 5.92 Å². The fraction of sp³-hybridized carbons (Fsp3) is 0.444. The highest BCUT2D eigenvalue weighted by Gasteiger charge is 2.29. The number of pyridine rings is 1. The number of carboxylic acid groups (broad SMARTS) is 1. The molecule has 11 heteroatoms. The van der Waals surface area contributed by atoms with Gasteiger partial charge in [0.1, 0.15) is 23.2 Å². The van der Waals surface area contributed by atoms with E-state index in [1.165, 1.54) is 35.8 Å². The van der Waals surface area contributed by atoms with Crippen molar-refractivity contribution >= 4 is 17.8 Å². The van der Waals surface area contributed by atoms with Gasteiger partial charge in [-0.25, -0.2) is 8.78 Å². The Hall–Kier alpha value is -4.38. The number of aliphatic carboxylic acids is 1. The highest BCUT2D eigenvalue weighted by molar-refractivity contribution is 5.97. The SMILES string of the molecule is CCN(CC)CCn1cccc(C(=O)N[C@@H](CC(C)C)C(=O)N[C@@H](CC(=O)O)c2cc(-c3c(C)cc(F)cc3C)cc(C)c2F)c1=O. The largest absolute Gasteiger partial charge is 0.481 e. The predicted molar refractivity (Wildman–Crippen MR) is 178 cm³/mol. The maximum Gasteiger partial charge on any atom is 0.305 e. The molecule has 9 nitrogen and oxygen atoms in total. The van der Waals surface area contributed by atoms with Crippen LogP contribution in [-0.2, 0) is 16.1 Å². The molecule has 0 aliphatic carbocycles. The molecular formula is C36H46F2N4O5. The van der Waals surface area contributed by atoms with Crippen LogP contribution in [0.25, 0.3) is 11.1 Å². The summed E-state index contributed by atoms with van der Waals surface area (Å²) in [7, 11) is 0. The third kappa shape index (κ3) is 9.57. The van der Waals surface area contributed by atoms with Crippen LogP contribution < -0.4 is 16.2 Å². The topological polar surface area (TPSA) is 121 Å². The number of carbonyl (C=O) groups is 3. The number of amides is 2. The van der Waals surface area contributed by atoms with Crippen LogP contribution in [0, 0.1) is 38.3 Å². The van der Waals surface area contributed by atoms with Crippen molar-refractivity contribution in [2.45, 2.75) is 79.9 Å². The number of benzene rings is 2. The molecule has 3 aromatic rings. The van der Waals surface area contributed by atoms with Crippen molar-refractivity contribution in [3.8, 4) is 11.1 Å². The molecule has 2 amide bonds. The molecule has 2 atom stereocenters. The van der Waals surface area contributed by atoms with Gasteiger partial charge in [0.25, 0.3) is 11.5 Å². The number of carbonyl (C=O) groups excluding carboxylic acids is 2. The fourth-order valence-corrected chi connectivity index (χ4v) is 5.86. The summed E-state index contributed by atoms with van der Waals surface area (Å²) in [6, 6.07) is 6.36. The van der Waals surface area contributed by atoms with Gasteiger partial charge in [-0.3, -0.25) is 19.2 Å². The number of rotatable bonds is 15. The second-order valence-electron chi connectivity index (χ2n) is 12.4. The predicted octanol–water partition coefficient (Wildman–Crippen LogP) is 5.54. The molecule has 0 aliphatic rings. The molecular weight excluding hydrogens is 606 g/mol. The van der Waals surface area contributed by atoms with Crippen molar-refractivity contribution in [1.82, 2.24) is 20.1 Å². The first-order valence-corrected chi connectivity index (χ1v) is 16.0. The normalized spacial score (nSPS) is 12.7. The maximum absolute atomic E-state index is 15.7. The lowest BCUT2D eigenvalue weighted by Gasteiger charge is -2.25. The number of aryl methyl sites for hydroxylation is 3. The zero-order valence-corrected chi connectivity index (χ0v) is 28.2. The summed E-state index contributed by atoms with van der Waals surface area (Å²) in [5, 5.41) is 15.1. The zero-order chi connectivity index (χ0) is 35.0. The highest BCUT2D eigenvalue weighted by Crippen LogP contribution is 2.34. The van der Waals surface area contributed by atoms with E-state index in [-0.39, 0.29) is 29.0 Å². The van der Waals surface area contributed by atoms with E-state index in [0.717, 1.165) is 13.1 Å². The summed E-state index contributed by atoms with van der Waals surface area (Å²) in [5.74, 6) is -3.90. The number of hydrogen-bond acceptors (Lipinski definition) is 5. The Kier molecular flexibility index (Phi) is 13.0. The lowest BCUT2D eigenvalue weighted by atomic mass is 9.90. The molecule has 0 unspecified atom stereocenters. The molecule has 1 aromatic heterocycles. The Morgan fingerprint density at radius 1 is 0.957 bits per heavy atom. The van der Waals surface area contributed by atoms with Crippen molar-refractivity contribution in [3.63, 3.8) is 0 Å². The van der Waals surface area contributed by atoms with Crippen LogP contribution >= 0.6 is 0 Å². The van der Waals surface area contributed by atoms with E-state index in [4.69, 9.17) is 0 Å². The summed E-state index contributed by atoms with van der Waals surface area (Å²) in [5.41, 5.74) is 2.00. The van der Waals surface area contributed by atoms with Gasteiger partial charge >= 0.3 is 5.97 Å². The Balaban J connectivity index is 1.95. The summed E-state index contributed by atoms with van der Waals surface area (Å²) >= 11 is 0. The monoisotopic (exact) mass is 652 g/mol. The Morgan fingerprint density at radius 3 is 2.17 bits per heavy atom. The van der Waals surface area contributed by atoms with Gasteiger partial charge in [-0.05, 0) is 110 Å². The van der Waals surface area contributed by atoms with Crippen LogP contribution in [0.2, 0.25) is 0 Å². The maximum atomic E-state index is 15.7. The van der Waals surface area contributed by atoms with Gasteiger partial charge in [-0.1, -0.05) is 27.7 Å². The smallest absolute Gasteiger partial charge is 0.305 e. The molecule has 0 spiro atoms. The highest BCUT2D eigenvalue weighted by atomic mass is 19.1. The molecule has 2 aromatic carbocycles. The van der Waals surface area contributed by atoms with Crippen LogP contribution in [0.1, 0.15) is 79.2 Å². The van der Waals surface area contributed by atoms with Gasteiger partial charge in [0.2, 0.25) is 5.91 Å². The molecule has 1 heterocycles. The minimum atomic E-state index is -1.29. The van der Waals surface area contributed by atoms with Gasteiger partial charge in [0.15, 0.2) is 0 Å². The van der Waals surface area contributed by atoms with Crippen LogP contribution in [0.15, 0.2) is 47.4 Å². The van der Waals surface area contributed by atoms with Crippen LogP contribution in [0.4, 0.5) is 8.78 Å². The van der Waals surface area contributed by atoms with E-state index in [0.29, 0.717) is 35.3 Å². The minimum absolute atomic E-state index is 0.0485. The molecule has 0 saturated carbocycles. The van der Waals surface area contributed by atoms with Gasteiger partial charge in [0, 0.05) is 24.8 Å². The van der Waals surface area contributed by atoms with Crippen molar-refractivity contribution in [3.05, 3.63) is 92.4 Å². The summed E-state index contributed by atoms with van der Waals surface area (Å²) in [6.45, 7) is 15.4. The number of nitrogens with zero attached hydrogens (tertiary/aromatic N) is 2. The Bertz CT molecular complexity index is 1640. The third-order valence-corrected chi connectivity index (χ3v) is 8.28. The number of halogens is 2. The van der Waals surface area contributed by atoms with Crippen LogP contribution in [0.5, 0.6) is 0 Å². The van der Waals surface area contributed by atoms with E-state index in [2.05, 4.69) is 15.5 Å². The first-order valence-electron chi connectivity index (χ1n) is 16.0. The standard InChI is InChI=1S/C36H46F2N4O5/c1-8-41(9-2)13-14-42-12-10-11-27(36(42)47)34(45)40-30(15-21(3)4)35(46)39-29(20-31(43)44)28-19-25(16-24(7)33(28)38)32-22(5)17-26(37)18-23(32)6/h10-12,16-19,21,29-30H,8-9,13-15,20H2,1-7H3,(H,39,46)(H,40,45)(H,43,44)/t29-,30-/m0/s1. The van der Waals surface area contributed by atoms with E-state index in [1.807, 2.05) is 27.7 Å². The Morgan fingerprint density at radius 2 is 1.60 bits per heavy atom. The van der Waals surface area contributed by atoms with E-state index < -0.39 is 53.5 Å².